The summed E-state index contributed by atoms with van der Waals surface area (Å²) in [6, 6.07) is 0. The zero-order valence-corrected chi connectivity index (χ0v) is 10.8. The number of esters is 2. The first-order valence-corrected chi connectivity index (χ1v) is 5.62. The van der Waals surface area contributed by atoms with E-state index in [4.69, 9.17) is 4.74 Å². The minimum absolute atomic E-state index is 0.246. The van der Waals surface area contributed by atoms with Gasteiger partial charge in [0.15, 0.2) is 5.92 Å². The van der Waals surface area contributed by atoms with E-state index in [0.717, 1.165) is 0 Å². The lowest BCUT2D eigenvalue weighted by atomic mass is 9.97. The highest BCUT2D eigenvalue weighted by Gasteiger charge is 2.29. The molecule has 1 atom stereocenters. The number of methoxy groups -OCH3 is 1. The van der Waals surface area contributed by atoms with Crippen molar-refractivity contribution in [3.8, 4) is 0 Å². The molecule has 16 heavy (non-hydrogen) atoms. The zero-order valence-electron chi connectivity index (χ0n) is 10.8. The van der Waals surface area contributed by atoms with Crippen LogP contribution in [-0.4, -0.2) is 25.7 Å². The molecule has 0 heterocycles. The van der Waals surface area contributed by atoms with Crippen LogP contribution in [0.2, 0.25) is 0 Å². The van der Waals surface area contributed by atoms with Gasteiger partial charge < -0.3 is 9.47 Å². The van der Waals surface area contributed by atoms with E-state index < -0.39 is 17.9 Å². The van der Waals surface area contributed by atoms with Gasteiger partial charge in [-0.15, -0.1) is 0 Å². The van der Waals surface area contributed by atoms with Crippen molar-refractivity contribution in [2.24, 2.45) is 17.8 Å². The van der Waals surface area contributed by atoms with Crippen LogP contribution in [0.25, 0.3) is 0 Å². The highest BCUT2D eigenvalue weighted by molar-refractivity contribution is 5.94. The molecule has 94 valence electrons. The van der Waals surface area contributed by atoms with Crippen molar-refractivity contribution in [2.75, 3.05) is 13.7 Å². The molecule has 0 fully saturated rings. The van der Waals surface area contributed by atoms with E-state index in [1.165, 1.54) is 7.11 Å². The van der Waals surface area contributed by atoms with Crippen LogP contribution in [-0.2, 0) is 19.1 Å². The van der Waals surface area contributed by atoms with Gasteiger partial charge in [0, 0.05) is 0 Å². The molecule has 0 aromatic heterocycles. The predicted molar refractivity (Wildman–Crippen MR) is 60.8 cm³/mol. The summed E-state index contributed by atoms with van der Waals surface area (Å²) >= 11 is 0. The van der Waals surface area contributed by atoms with Crippen molar-refractivity contribution in [1.82, 2.24) is 0 Å². The zero-order chi connectivity index (χ0) is 12.7. The molecule has 4 heteroatoms. The fourth-order valence-corrected chi connectivity index (χ4v) is 1.25. The maximum atomic E-state index is 11.7. The van der Waals surface area contributed by atoms with Gasteiger partial charge in [-0.25, -0.2) is 0 Å². The maximum Gasteiger partial charge on any atom is 0.320 e. The largest absolute Gasteiger partial charge is 0.468 e. The number of rotatable bonds is 6. The van der Waals surface area contributed by atoms with Crippen molar-refractivity contribution >= 4 is 11.9 Å². The van der Waals surface area contributed by atoms with Crippen molar-refractivity contribution < 1.29 is 19.1 Å². The molecule has 1 unspecified atom stereocenters. The Morgan fingerprint density at radius 1 is 1.00 bits per heavy atom. The lowest BCUT2D eigenvalue weighted by Gasteiger charge is -2.16. The van der Waals surface area contributed by atoms with Gasteiger partial charge in [-0.3, -0.25) is 9.59 Å². The Kier molecular flexibility index (Phi) is 6.77. The topological polar surface area (TPSA) is 52.6 Å². The molecule has 0 aromatic carbocycles. The molecular formula is C12H22O4. The lowest BCUT2D eigenvalue weighted by molar-refractivity contribution is -0.162. The summed E-state index contributed by atoms with van der Waals surface area (Å²) in [5.74, 6) is -1.27. The van der Waals surface area contributed by atoms with E-state index in [0.29, 0.717) is 13.0 Å². The normalized spacial score (nSPS) is 12.7. The van der Waals surface area contributed by atoms with Gasteiger partial charge in [0.1, 0.15) is 0 Å². The molecule has 0 saturated heterocycles. The van der Waals surface area contributed by atoms with Gasteiger partial charge in [-0.2, -0.15) is 0 Å². The first-order valence-electron chi connectivity index (χ1n) is 5.62. The Labute approximate surface area is 97.3 Å². The Bertz CT molecular complexity index is 233. The summed E-state index contributed by atoms with van der Waals surface area (Å²) < 4.78 is 9.65. The quantitative estimate of drug-likeness (QED) is 0.517. The second-order valence-corrected chi connectivity index (χ2v) is 4.73. The second-order valence-electron chi connectivity index (χ2n) is 4.73. The molecular weight excluding hydrogens is 208 g/mol. The van der Waals surface area contributed by atoms with Gasteiger partial charge in [-0.05, 0) is 18.3 Å². The van der Waals surface area contributed by atoms with Crippen LogP contribution < -0.4 is 0 Å². The summed E-state index contributed by atoms with van der Waals surface area (Å²) in [7, 11) is 1.28. The van der Waals surface area contributed by atoms with E-state index in [-0.39, 0.29) is 11.8 Å². The van der Waals surface area contributed by atoms with Gasteiger partial charge in [0.2, 0.25) is 0 Å². The SMILES string of the molecule is COC(=O)C(CC(C)C)C(=O)OCC(C)C. The van der Waals surface area contributed by atoms with E-state index >= 15 is 0 Å². The van der Waals surface area contributed by atoms with Crippen LogP contribution >= 0.6 is 0 Å². The fraction of sp³-hybridized carbons (Fsp3) is 0.833. The maximum absolute atomic E-state index is 11.7. The van der Waals surface area contributed by atoms with Gasteiger partial charge in [-0.1, -0.05) is 27.7 Å². The Morgan fingerprint density at radius 3 is 1.94 bits per heavy atom. The number of hydrogen-bond donors (Lipinski definition) is 0. The van der Waals surface area contributed by atoms with Crippen molar-refractivity contribution in [3.63, 3.8) is 0 Å². The predicted octanol–water partition coefficient (Wildman–Crippen LogP) is 2.02. The lowest BCUT2D eigenvalue weighted by Crippen LogP contribution is -2.29. The van der Waals surface area contributed by atoms with E-state index in [1.54, 1.807) is 0 Å². The molecule has 0 radical (unpaired) electrons. The highest BCUT2D eigenvalue weighted by Crippen LogP contribution is 2.15. The molecule has 0 N–H and O–H groups in total. The standard InChI is InChI=1S/C12H22O4/c1-8(2)6-10(11(13)15-5)12(14)16-7-9(3)4/h8-10H,6-7H2,1-5H3. The second kappa shape index (κ2) is 7.25. The summed E-state index contributed by atoms with van der Waals surface area (Å²) in [5.41, 5.74) is 0. The molecule has 0 rings (SSSR count). The van der Waals surface area contributed by atoms with Crippen LogP contribution in [0.15, 0.2) is 0 Å². The molecule has 0 amide bonds. The third-order valence-electron chi connectivity index (χ3n) is 2.04. The van der Waals surface area contributed by atoms with Crippen molar-refractivity contribution in [3.05, 3.63) is 0 Å². The molecule has 0 saturated carbocycles. The minimum Gasteiger partial charge on any atom is -0.468 e. The Morgan fingerprint density at radius 2 is 1.56 bits per heavy atom. The van der Waals surface area contributed by atoms with Crippen LogP contribution in [0.3, 0.4) is 0 Å². The molecule has 0 aliphatic heterocycles. The summed E-state index contributed by atoms with van der Waals surface area (Å²) in [6.07, 6.45) is 0.462. The minimum atomic E-state index is -0.788. The molecule has 0 spiro atoms. The van der Waals surface area contributed by atoms with Crippen LogP contribution in [0, 0.1) is 17.8 Å². The fourth-order valence-electron chi connectivity index (χ4n) is 1.25. The van der Waals surface area contributed by atoms with Gasteiger partial charge >= 0.3 is 11.9 Å². The van der Waals surface area contributed by atoms with Gasteiger partial charge in [0.05, 0.1) is 13.7 Å². The third kappa shape index (κ3) is 5.73. The summed E-state index contributed by atoms with van der Waals surface area (Å²) in [5, 5.41) is 0. The van der Waals surface area contributed by atoms with Crippen molar-refractivity contribution in [2.45, 2.75) is 34.1 Å². The summed E-state index contributed by atoms with van der Waals surface area (Å²) in [6.45, 7) is 8.13. The molecule has 4 nitrogen and oxygen atoms in total. The first kappa shape index (κ1) is 14.9. The Balaban J connectivity index is 4.38. The number of hydrogen-bond acceptors (Lipinski definition) is 4. The van der Waals surface area contributed by atoms with Gasteiger partial charge in [0.25, 0.3) is 0 Å². The Hall–Kier alpha value is -1.06. The summed E-state index contributed by atoms with van der Waals surface area (Å²) in [4.78, 5) is 23.1. The van der Waals surface area contributed by atoms with E-state index in [2.05, 4.69) is 4.74 Å². The molecule has 0 aliphatic rings. The number of carbonyl (C=O) groups excluding carboxylic acids is 2. The average Bonchev–Trinajstić information content (AvgIpc) is 2.21. The monoisotopic (exact) mass is 230 g/mol. The van der Waals surface area contributed by atoms with E-state index in [1.807, 2.05) is 27.7 Å². The number of ether oxygens (including phenoxy) is 2. The van der Waals surface area contributed by atoms with E-state index in [9.17, 15) is 9.59 Å². The smallest absolute Gasteiger partial charge is 0.320 e. The van der Waals surface area contributed by atoms with Crippen molar-refractivity contribution in [1.29, 1.82) is 0 Å². The van der Waals surface area contributed by atoms with Crippen LogP contribution in [0.5, 0.6) is 0 Å². The average molecular weight is 230 g/mol. The molecule has 0 bridgehead atoms. The third-order valence-corrected chi connectivity index (χ3v) is 2.04. The van der Waals surface area contributed by atoms with Crippen LogP contribution in [0.4, 0.5) is 0 Å². The first-order chi connectivity index (χ1) is 7.38. The molecule has 0 aromatic rings. The number of carbonyl (C=O) groups is 2. The highest BCUT2D eigenvalue weighted by atomic mass is 16.5. The molecule has 0 aliphatic carbocycles. The van der Waals surface area contributed by atoms with Crippen LogP contribution in [0.1, 0.15) is 34.1 Å².